The van der Waals surface area contributed by atoms with E-state index in [2.05, 4.69) is 23.8 Å². The third kappa shape index (κ3) is 10.7. The molecule has 2 unspecified atom stereocenters. The Labute approximate surface area is 254 Å². The van der Waals surface area contributed by atoms with Crippen LogP contribution in [-0.2, 0) is 45.1 Å². The Morgan fingerprint density at radius 3 is 1.14 bits per heavy atom. The number of ether oxygens (including phenoxy) is 2. The van der Waals surface area contributed by atoms with Gasteiger partial charge in [0.05, 0.1) is 0 Å². The fourth-order valence-corrected chi connectivity index (χ4v) is 4.76. The van der Waals surface area contributed by atoms with Crippen molar-refractivity contribution in [2.75, 3.05) is 0 Å². The number of hydrogen-bond acceptors (Lipinski definition) is 6. The zero-order valence-electron chi connectivity index (χ0n) is 24.3. The Kier molecular flexibility index (Phi) is 11.7. The van der Waals surface area contributed by atoms with Crippen LogP contribution in [0, 0.1) is 0 Å². The zero-order valence-corrected chi connectivity index (χ0v) is 24.3. The van der Waals surface area contributed by atoms with Gasteiger partial charge in [-0.25, -0.2) is 9.59 Å². The second-order valence-electron chi connectivity index (χ2n) is 10.4. The van der Waals surface area contributed by atoms with Gasteiger partial charge in [0.25, 0.3) is 0 Å². The minimum Gasteiger partial charge on any atom is -0.456 e. The highest BCUT2D eigenvalue weighted by Gasteiger charge is 2.23. The molecule has 6 heteroatoms. The fourth-order valence-electron chi connectivity index (χ4n) is 4.76. The van der Waals surface area contributed by atoms with Gasteiger partial charge in [0.1, 0.15) is 24.6 Å². The van der Waals surface area contributed by atoms with Crippen molar-refractivity contribution in [2.24, 2.45) is 0 Å². The summed E-state index contributed by atoms with van der Waals surface area (Å²) in [6, 6.07) is 38.7. The molecule has 0 bridgehead atoms. The second-order valence-corrected chi connectivity index (χ2v) is 10.4. The van der Waals surface area contributed by atoms with Crippen molar-refractivity contribution in [1.82, 2.24) is 10.6 Å². The molecule has 0 amide bonds. The molecule has 43 heavy (non-hydrogen) atoms. The molecule has 0 aromatic heterocycles. The molecular formula is C37H38N2O4. The molecule has 0 radical (unpaired) electrons. The van der Waals surface area contributed by atoms with E-state index in [4.69, 9.17) is 9.47 Å². The number of nitrogens with one attached hydrogen (secondary N) is 2. The maximum absolute atomic E-state index is 12.9. The van der Waals surface area contributed by atoms with Gasteiger partial charge in [0, 0.05) is 12.1 Å². The van der Waals surface area contributed by atoms with Crippen molar-refractivity contribution in [3.8, 4) is 0 Å². The van der Waals surface area contributed by atoms with Gasteiger partial charge in [-0.2, -0.15) is 0 Å². The largest absolute Gasteiger partial charge is 0.456 e. The maximum atomic E-state index is 12.9. The van der Waals surface area contributed by atoms with Crippen LogP contribution in [-0.4, -0.2) is 24.0 Å². The molecule has 6 nitrogen and oxygen atoms in total. The minimum atomic E-state index is -0.511. The number of rotatable bonds is 16. The Bertz CT molecular complexity index is 1350. The minimum absolute atomic E-state index is 0.160. The summed E-state index contributed by atoms with van der Waals surface area (Å²) in [6.07, 6.45) is 1.81. The lowest BCUT2D eigenvalue weighted by Crippen LogP contribution is -2.42. The molecule has 0 heterocycles. The Morgan fingerprint density at radius 2 is 0.814 bits per heavy atom. The van der Waals surface area contributed by atoms with E-state index in [0.717, 1.165) is 22.3 Å². The van der Waals surface area contributed by atoms with E-state index in [0.29, 0.717) is 19.3 Å². The average molecular weight is 575 g/mol. The predicted molar refractivity (Wildman–Crippen MR) is 170 cm³/mol. The van der Waals surface area contributed by atoms with Crippen LogP contribution in [0.15, 0.2) is 146 Å². The van der Waals surface area contributed by atoms with Gasteiger partial charge in [-0.15, -0.1) is 0 Å². The van der Waals surface area contributed by atoms with Crippen LogP contribution in [0.4, 0.5) is 0 Å². The second kappa shape index (κ2) is 16.4. The molecule has 0 aliphatic rings. The lowest BCUT2D eigenvalue weighted by Gasteiger charge is -2.28. The molecule has 4 aromatic carbocycles. The predicted octanol–water partition coefficient (Wildman–Crippen LogP) is 6.29. The quantitative estimate of drug-likeness (QED) is 0.121. The molecule has 0 fully saturated rings. The van der Waals surface area contributed by atoms with E-state index >= 15 is 0 Å². The van der Waals surface area contributed by atoms with Crippen LogP contribution in [0.3, 0.4) is 0 Å². The van der Waals surface area contributed by atoms with E-state index in [1.54, 1.807) is 0 Å². The van der Waals surface area contributed by atoms with E-state index in [1.165, 1.54) is 0 Å². The lowest BCUT2D eigenvalue weighted by atomic mass is 9.94. The first-order valence-electron chi connectivity index (χ1n) is 14.4. The van der Waals surface area contributed by atoms with E-state index in [1.807, 2.05) is 121 Å². The topological polar surface area (TPSA) is 76.7 Å². The third-order valence-corrected chi connectivity index (χ3v) is 6.89. The molecule has 0 aliphatic carbocycles. The Morgan fingerprint density at radius 1 is 0.512 bits per heavy atom. The molecule has 2 N–H and O–H groups in total. The summed E-state index contributed by atoms with van der Waals surface area (Å²) < 4.78 is 11.0. The van der Waals surface area contributed by atoms with Gasteiger partial charge in [-0.1, -0.05) is 134 Å². The summed E-state index contributed by atoms with van der Waals surface area (Å²) in [5.74, 6) is -1.02. The Balaban J connectivity index is 1.45. The van der Waals surface area contributed by atoms with Gasteiger partial charge in [0.2, 0.25) is 0 Å². The standard InChI is InChI=1S/C37H38N2O4/c1-28(36(40)42-26-32-19-11-5-12-20-32)38-34(23-30-15-7-3-8-16-30)25-35(24-31-17-9-4-10-18-31)39-29(2)37(41)43-27-33-21-13-6-14-22-33/h3-22,34-35,38-39H,1-2,23-27H2. The van der Waals surface area contributed by atoms with Crippen LogP contribution in [0.5, 0.6) is 0 Å². The normalized spacial score (nSPS) is 11.9. The summed E-state index contributed by atoms with van der Waals surface area (Å²) in [4.78, 5) is 25.7. The molecule has 220 valence electrons. The number of benzene rings is 4. The summed E-state index contributed by atoms with van der Waals surface area (Å²) in [7, 11) is 0. The molecule has 0 aliphatic heterocycles. The molecule has 4 rings (SSSR count). The van der Waals surface area contributed by atoms with E-state index in [9.17, 15) is 9.59 Å². The van der Waals surface area contributed by atoms with Gasteiger partial charge >= 0.3 is 11.9 Å². The lowest BCUT2D eigenvalue weighted by molar-refractivity contribution is -0.141. The van der Waals surface area contributed by atoms with Crippen molar-refractivity contribution in [1.29, 1.82) is 0 Å². The van der Waals surface area contributed by atoms with Crippen molar-refractivity contribution in [3.05, 3.63) is 168 Å². The first-order chi connectivity index (χ1) is 21.0. The van der Waals surface area contributed by atoms with Crippen LogP contribution < -0.4 is 10.6 Å². The van der Waals surface area contributed by atoms with E-state index < -0.39 is 11.9 Å². The zero-order chi connectivity index (χ0) is 30.3. The van der Waals surface area contributed by atoms with Gasteiger partial charge in [0.15, 0.2) is 0 Å². The SMILES string of the molecule is C=C(NC(Cc1ccccc1)CC(Cc1ccccc1)NC(=C)C(=O)OCc1ccccc1)C(=O)OCc1ccccc1. The molecular weight excluding hydrogens is 536 g/mol. The van der Waals surface area contributed by atoms with Gasteiger partial charge in [-0.05, 0) is 41.5 Å². The summed E-state index contributed by atoms with van der Waals surface area (Å²) in [5, 5.41) is 6.62. The number of carbonyl (C=O) groups excluding carboxylic acids is 2. The van der Waals surface area contributed by atoms with Crippen molar-refractivity contribution < 1.29 is 19.1 Å². The van der Waals surface area contributed by atoms with Crippen LogP contribution in [0.25, 0.3) is 0 Å². The van der Waals surface area contributed by atoms with E-state index in [-0.39, 0.29) is 36.7 Å². The molecule has 0 spiro atoms. The smallest absolute Gasteiger partial charge is 0.354 e. The van der Waals surface area contributed by atoms with Crippen LogP contribution in [0.2, 0.25) is 0 Å². The molecule has 2 atom stereocenters. The van der Waals surface area contributed by atoms with Crippen LogP contribution in [0.1, 0.15) is 28.7 Å². The third-order valence-electron chi connectivity index (χ3n) is 6.89. The number of esters is 2. The van der Waals surface area contributed by atoms with Crippen molar-refractivity contribution >= 4 is 11.9 Å². The Hall–Kier alpha value is -5.10. The highest BCUT2D eigenvalue weighted by molar-refractivity contribution is 5.87. The highest BCUT2D eigenvalue weighted by Crippen LogP contribution is 2.15. The summed E-state index contributed by atoms with van der Waals surface area (Å²) in [5.41, 5.74) is 4.35. The van der Waals surface area contributed by atoms with Gasteiger partial charge in [-0.3, -0.25) is 0 Å². The molecule has 0 saturated heterocycles. The van der Waals surface area contributed by atoms with Crippen molar-refractivity contribution in [3.63, 3.8) is 0 Å². The number of carbonyl (C=O) groups is 2. The first-order valence-corrected chi connectivity index (χ1v) is 14.4. The summed E-state index contributed by atoms with van der Waals surface area (Å²) in [6.45, 7) is 8.29. The summed E-state index contributed by atoms with van der Waals surface area (Å²) >= 11 is 0. The monoisotopic (exact) mass is 574 g/mol. The van der Waals surface area contributed by atoms with Crippen molar-refractivity contribution in [2.45, 2.75) is 44.6 Å². The highest BCUT2D eigenvalue weighted by atomic mass is 16.5. The molecule has 0 saturated carbocycles. The number of hydrogen-bond donors (Lipinski definition) is 2. The first kappa shape index (κ1) is 30.8. The average Bonchev–Trinajstić information content (AvgIpc) is 3.04. The fraction of sp³-hybridized carbons (Fsp3) is 0.189. The van der Waals surface area contributed by atoms with Gasteiger partial charge < -0.3 is 20.1 Å². The maximum Gasteiger partial charge on any atom is 0.354 e. The van der Waals surface area contributed by atoms with Crippen LogP contribution >= 0.6 is 0 Å². The molecule has 4 aromatic rings.